The summed E-state index contributed by atoms with van der Waals surface area (Å²) >= 11 is 0. The van der Waals surface area contributed by atoms with Crippen LogP contribution in [0.4, 0.5) is 0 Å². The van der Waals surface area contributed by atoms with E-state index in [1.807, 2.05) is 20.8 Å². The van der Waals surface area contributed by atoms with Crippen LogP contribution in [0.3, 0.4) is 0 Å². The summed E-state index contributed by atoms with van der Waals surface area (Å²) in [4.78, 5) is 0. The van der Waals surface area contributed by atoms with Gasteiger partial charge in [-0.3, -0.25) is 0 Å². The first-order valence-electron chi connectivity index (χ1n) is 4.33. The highest BCUT2D eigenvalue weighted by Gasteiger charge is 2.14. The van der Waals surface area contributed by atoms with Gasteiger partial charge >= 0.3 is 0 Å². The van der Waals surface area contributed by atoms with Gasteiger partial charge in [-0.1, -0.05) is 13.8 Å². The van der Waals surface area contributed by atoms with Crippen LogP contribution in [0.2, 0.25) is 0 Å². The van der Waals surface area contributed by atoms with Crippen molar-refractivity contribution >= 4 is 0 Å². The van der Waals surface area contributed by atoms with Gasteiger partial charge in [-0.2, -0.15) is 0 Å². The van der Waals surface area contributed by atoms with Crippen molar-refractivity contribution in [3.63, 3.8) is 0 Å². The second-order valence-electron chi connectivity index (χ2n) is 3.68. The van der Waals surface area contributed by atoms with E-state index in [0.29, 0.717) is 0 Å². The Morgan fingerprint density at radius 3 is 2.58 bits per heavy atom. The molecule has 2 heteroatoms. The molecule has 0 aromatic carbocycles. The van der Waals surface area contributed by atoms with Crippen molar-refractivity contribution in [1.29, 1.82) is 0 Å². The first-order chi connectivity index (χ1) is 5.62. The summed E-state index contributed by atoms with van der Waals surface area (Å²) < 4.78 is 0. The van der Waals surface area contributed by atoms with E-state index in [1.165, 1.54) is 0 Å². The van der Waals surface area contributed by atoms with E-state index in [-0.39, 0.29) is 12.0 Å². The van der Waals surface area contributed by atoms with Crippen molar-refractivity contribution in [2.45, 2.75) is 27.2 Å². The monoisotopic (exact) mass is 169 g/mol. The number of aliphatic hydroxyl groups excluding tert-OH is 1. The maximum atomic E-state index is 8.93. The van der Waals surface area contributed by atoms with Gasteiger partial charge in [-0.25, -0.2) is 0 Å². The zero-order chi connectivity index (χ0) is 9.45. The zero-order valence-electron chi connectivity index (χ0n) is 8.28. The van der Waals surface area contributed by atoms with Crippen LogP contribution in [0.25, 0.3) is 0 Å². The second kappa shape index (κ2) is 6.05. The molecule has 0 aliphatic carbocycles. The van der Waals surface area contributed by atoms with Crippen LogP contribution in [-0.2, 0) is 0 Å². The molecule has 0 fully saturated rings. The molecule has 0 saturated carbocycles. The highest BCUT2D eigenvalue weighted by Crippen LogP contribution is 2.10. The molecule has 2 nitrogen and oxygen atoms in total. The minimum atomic E-state index is -0.0142. The van der Waals surface area contributed by atoms with Crippen molar-refractivity contribution in [1.82, 2.24) is 5.32 Å². The Bertz CT molecular complexity index is 164. The maximum absolute atomic E-state index is 8.93. The minimum Gasteiger partial charge on any atom is -0.396 e. The van der Waals surface area contributed by atoms with E-state index in [1.54, 1.807) is 0 Å². The lowest BCUT2D eigenvalue weighted by Gasteiger charge is -2.21. The Balaban J connectivity index is 3.35. The van der Waals surface area contributed by atoms with E-state index < -0.39 is 0 Å². The SMILES string of the molecule is CC#CCCNCC(C)(C)CO. The van der Waals surface area contributed by atoms with E-state index in [4.69, 9.17) is 5.11 Å². The number of rotatable bonds is 5. The smallest absolute Gasteiger partial charge is 0.0494 e. The number of hydrogen-bond acceptors (Lipinski definition) is 2. The van der Waals surface area contributed by atoms with Gasteiger partial charge in [-0.15, -0.1) is 11.8 Å². The zero-order valence-corrected chi connectivity index (χ0v) is 8.28. The average molecular weight is 169 g/mol. The minimum absolute atomic E-state index is 0.0142. The summed E-state index contributed by atoms with van der Waals surface area (Å²) in [7, 11) is 0. The molecule has 70 valence electrons. The average Bonchev–Trinajstić information content (AvgIpc) is 2.04. The molecule has 0 rings (SSSR count). The molecule has 0 aromatic heterocycles. The summed E-state index contributed by atoms with van der Waals surface area (Å²) in [6, 6.07) is 0. The molecule has 0 spiro atoms. The molecule has 0 atom stereocenters. The van der Waals surface area contributed by atoms with Crippen molar-refractivity contribution in [2.24, 2.45) is 5.41 Å². The van der Waals surface area contributed by atoms with Crippen LogP contribution in [0.15, 0.2) is 0 Å². The fraction of sp³-hybridized carbons (Fsp3) is 0.800. The van der Waals surface area contributed by atoms with Gasteiger partial charge in [0.2, 0.25) is 0 Å². The Kier molecular flexibility index (Phi) is 5.79. The van der Waals surface area contributed by atoms with Gasteiger partial charge in [0.05, 0.1) is 0 Å². The predicted octanol–water partition coefficient (Wildman–Crippen LogP) is 1.01. The molecule has 2 N–H and O–H groups in total. The van der Waals surface area contributed by atoms with Crippen molar-refractivity contribution in [3.8, 4) is 11.8 Å². The number of nitrogens with one attached hydrogen (secondary N) is 1. The van der Waals surface area contributed by atoms with Crippen LogP contribution >= 0.6 is 0 Å². The van der Waals surface area contributed by atoms with Crippen molar-refractivity contribution in [2.75, 3.05) is 19.7 Å². The molecule has 0 saturated heterocycles. The van der Waals surface area contributed by atoms with Gasteiger partial charge in [0.1, 0.15) is 0 Å². The van der Waals surface area contributed by atoms with Crippen LogP contribution in [0.1, 0.15) is 27.2 Å². The third kappa shape index (κ3) is 6.21. The molecular formula is C10H19NO. The van der Waals surface area contributed by atoms with Gasteiger partial charge in [0.25, 0.3) is 0 Å². The largest absolute Gasteiger partial charge is 0.396 e. The molecule has 0 aromatic rings. The lowest BCUT2D eigenvalue weighted by molar-refractivity contribution is 0.157. The highest BCUT2D eigenvalue weighted by molar-refractivity contribution is 4.95. The summed E-state index contributed by atoms with van der Waals surface area (Å²) in [6.45, 7) is 7.88. The molecule has 0 amide bonds. The third-order valence-electron chi connectivity index (χ3n) is 1.64. The predicted molar refractivity (Wildman–Crippen MR) is 51.8 cm³/mol. The first kappa shape index (κ1) is 11.5. The highest BCUT2D eigenvalue weighted by atomic mass is 16.3. The van der Waals surface area contributed by atoms with Gasteiger partial charge in [0.15, 0.2) is 0 Å². The number of hydrogen-bond donors (Lipinski definition) is 2. The van der Waals surface area contributed by atoms with E-state index in [0.717, 1.165) is 19.5 Å². The summed E-state index contributed by atoms with van der Waals surface area (Å²) in [5.41, 5.74) is -0.0142. The Labute approximate surface area is 75.4 Å². The normalized spacial score (nSPS) is 10.7. The van der Waals surface area contributed by atoms with Crippen molar-refractivity contribution < 1.29 is 5.11 Å². The molecule has 0 unspecified atom stereocenters. The molecule has 0 bridgehead atoms. The summed E-state index contributed by atoms with van der Waals surface area (Å²) in [5.74, 6) is 5.82. The molecule has 12 heavy (non-hydrogen) atoms. The molecular weight excluding hydrogens is 150 g/mol. The summed E-state index contributed by atoms with van der Waals surface area (Å²) in [6.07, 6.45) is 0.887. The first-order valence-corrected chi connectivity index (χ1v) is 4.33. The summed E-state index contributed by atoms with van der Waals surface area (Å²) in [5, 5.41) is 12.2. The Morgan fingerprint density at radius 2 is 2.08 bits per heavy atom. The van der Waals surface area contributed by atoms with E-state index in [2.05, 4.69) is 17.2 Å². The Hall–Kier alpha value is -0.520. The number of aliphatic hydroxyl groups is 1. The van der Waals surface area contributed by atoms with Crippen LogP contribution in [0, 0.1) is 17.3 Å². The third-order valence-corrected chi connectivity index (χ3v) is 1.64. The Morgan fingerprint density at radius 1 is 1.42 bits per heavy atom. The van der Waals surface area contributed by atoms with Gasteiger partial charge in [0, 0.05) is 31.5 Å². The standard InChI is InChI=1S/C10H19NO/c1-4-5-6-7-11-8-10(2,3)9-12/h11-12H,6-9H2,1-3H3. The lowest BCUT2D eigenvalue weighted by Crippen LogP contribution is -2.32. The molecule has 0 aliphatic heterocycles. The molecule has 0 radical (unpaired) electrons. The lowest BCUT2D eigenvalue weighted by atomic mass is 9.95. The van der Waals surface area contributed by atoms with Gasteiger partial charge < -0.3 is 10.4 Å². The van der Waals surface area contributed by atoms with E-state index >= 15 is 0 Å². The van der Waals surface area contributed by atoms with Crippen LogP contribution in [0.5, 0.6) is 0 Å². The van der Waals surface area contributed by atoms with Crippen LogP contribution in [-0.4, -0.2) is 24.8 Å². The van der Waals surface area contributed by atoms with Gasteiger partial charge in [-0.05, 0) is 6.92 Å². The van der Waals surface area contributed by atoms with Crippen LogP contribution < -0.4 is 5.32 Å². The second-order valence-corrected chi connectivity index (χ2v) is 3.68. The quantitative estimate of drug-likeness (QED) is 0.475. The maximum Gasteiger partial charge on any atom is 0.0494 e. The fourth-order valence-electron chi connectivity index (χ4n) is 0.759. The topological polar surface area (TPSA) is 32.3 Å². The van der Waals surface area contributed by atoms with Crippen molar-refractivity contribution in [3.05, 3.63) is 0 Å². The van der Waals surface area contributed by atoms with E-state index in [9.17, 15) is 0 Å². The fourth-order valence-corrected chi connectivity index (χ4v) is 0.759. The molecule has 0 aliphatic rings. The molecule has 0 heterocycles.